The number of anilines is 2. The van der Waals surface area contributed by atoms with E-state index in [1.54, 1.807) is 36.1 Å². The van der Waals surface area contributed by atoms with Gasteiger partial charge in [0.25, 0.3) is 0 Å². The molecule has 3 aromatic rings. The van der Waals surface area contributed by atoms with Crippen molar-refractivity contribution in [1.29, 1.82) is 0 Å². The van der Waals surface area contributed by atoms with Crippen molar-refractivity contribution >= 4 is 58.2 Å². The third-order valence-electron chi connectivity index (χ3n) is 8.46. The van der Waals surface area contributed by atoms with Crippen LogP contribution in [-0.2, 0) is 25.7 Å². The first-order chi connectivity index (χ1) is 21.2. The molecular weight excluding hydrogens is 601 g/mol. The van der Waals surface area contributed by atoms with Crippen LogP contribution in [0.2, 0.25) is 0 Å². The Morgan fingerprint density at radius 3 is 2.25 bits per heavy atom. The Hall–Kier alpha value is -3.90. The molecular formula is C32H34N4O6S2. The topological polar surface area (TPSA) is 109 Å². The van der Waals surface area contributed by atoms with Crippen LogP contribution in [0.5, 0.6) is 0 Å². The zero-order chi connectivity index (χ0) is 31.1. The zero-order valence-corrected chi connectivity index (χ0v) is 26.5. The highest BCUT2D eigenvalue weighted by molar-refractivity contribution is 8.00. The first-order valence-electron chi connectivity index (χ1n) is 14.8. The van der Waals surface area contributed by atoms with Crippen molar-refractivity contribution in [3.63, 3.8) is 0 Å². The minimum atomic E-state index is -0.788. The van der Waals surface area contributed by atoms with E-state index >= 15 is 0 Å². The van der Waals surface area contributed by atoms with Gasteiger partial charge in [0.1, 0.15) is 11.8 Å². The number of amides is 3. The number of rotatable bonds is 7. The summed E-state index contributed by atoms with van der Waals surface area (Å²) in [6.45, 7) is 3.22. The van der Waals surface area contributed by atoms with E-state index in [-0.39, 0.29) is 35.7 Å². The number of benzene rings is 2. The molecule has 0 N–H and O–H groups in total. The number of carbonyl (C=O) groups is 4. The van der Waals surface area contributed by atoms with Gasteiger partial charge in [-0.3, -0.25) is 23.7 Å². The summed E-state index contributed by atoms with van der Waals surface area (Å²) >= 11 is 2.25. The Bertz CT molecular complexity index is 1660. The Morgan fingerprint density at radius 1 is 0.932 bits per heavy atom. The highest BCUT2D eigenvalue weighted by Gasteiger charge is 2.56. The van der Waals surface area contributed by atoms with E-state index < -0.39 is 23.1 Å². The van der Waals surface area contributed by atoms with Gasteiger partial charge in [-0.2, -0.15) is 0 Å². The second-order valence-electron chi connectivity index (χ2n) is 11.4. The Balaban J connectivity index is 1.39. The number of esters is 1. The van der Waals surface area contributed by atoms with Gasteiger partial charge in [0.05, 0.1) is 28.8 Å². The molecule has 0 spiro atoms. The highest BCUT2D eigenvalue weighted by atomic mass is 32.2. The van der Waals surface area contributed by atoms with Gasteiger partial charge in [-0.1, -0.05) is 35.2 Å². The lowest BCUT2D eigenvalue weighted by Gasteiger charge is -2.31. The molecule has 0 radical (unpaired) electrons. The molecule has 0 saturated carbocycles. The molecule has 0 aliphatic carbocycles. The molecule has 6 rings (SSSR count). The molecule has 3 atom stereocenters. The Kier molecular flexibility index (Phi) is 8.38. The number of hydrogen-bond donors (Lipinski definition) is 0. The van der Waals surface area contributed by atoms with Gasteiger partial charge in [-0.25, -0.2) is 9.69 Å². The number of likely N-dealkylation sites (tertiary alicyclic amines) is 1. The normalized spacial score (nSPS) is 21.2. The fraction of sp³-hybridized carbons (Fsp3) is 0.406. The molecule has 10 nitrogen and oxygen atoms in total. The molecule has 12 heteroatoms. The number of nitrogens with zero attached hydrogens (tertiary/aromatic N) is 4. The lowest BCUT2D eigenvalue weighted by Crippen LogP contribution is -2.39. The van der Waals surface area contributed by atoms with Crippen molar-refractivity contribution < 1.29 is 23.9 Å². The minimum absolute atomic E-state index is 0.0947. The fourth-order valence-electron chi connectivity index (χ4n) is 6.19. The van der Waals surface area contributed by atoms with E-state index in [0.717, 1.165) is 41.9 Å². The Labute approximate surface area is 263 Å². The fourth-order valence-corrected chi connectivity index (χ4v) is 8.96. The van der Waals surface area contributed by atoms with Gasteiger partial charge in [0, 0.05) is 43.7 Å². The second kappa shape index (κ2) is 12.2. The summed E-state index contributed by atoms with van der Waals surface area (Å²) < 4.78 is 6.56. The molecule has 0 bridgehead atoms. The summed E-state index contributed by atoms with van der Waals surface area (Å²) in [6, 6.07) is 14.0. The second-order valence-corrected chi connectivity index (χ2v) is 13.5. The monoisotopic (exact) mass is 634 g/mol. The van der Waals surface area contributed by atoms with Gasteiger partial charge >= 0.3 is 10.8 Å². The summed E-state index contributed by atoms with van der Waals surface area (Å²) in [5.41, 5.74) is 2.49. The predicted molar refractivity (Wildman–Crippen MR) is 170 cm³/mol. The zero-order valence-electron chi connectivity index (χ0n) is 24.9. The van der Waals surface area contributed by atoms with Crippen LogP contribution in [-0.4, -0.2) is 72.2 Å². The molecule has 4 heterocycles. The van der Waals surface area contributed by atoms with Crippen molar-refractivity contribution in [2.75, 3.05) is 43.6 Å². The smallest absolute Gasteiger partial charge is 0.338 e. The highest BCUT2D eigenvalue weighted by Crippen LogP contribution is 2.54. The van der Waals surface area contributed by atoms with Crippen LogP contribution in [0.4, 0.5) is 11.4 Å². The van der Waals surface area contributed by atoms with Gasteiger partial charge in [-0.15, -0.1) is 0 Å². The largest absolute Gasteiger partial charge is 0.462 e. The van der Waals surface area contributed by atoms with E-state index in [9.17, 15) is 24.0 Å². The molecule has 2 unspecified atom stereocenters. The lowest BCUT2D eigenvalue weighted by molar-refractivity contribution is -0.133. The van der Waals surface area contributed by atoms with E-state index in [2.05, 4.69) is 0 Å². The number of aromatic nitrogens is 1. The van der Waals surface area contributed by atoms with Crippen LogP contribution < -0.4 is 14.7 Å². The number of fused-ring (bicyclic) bond motifs is 2. The van der Waals surface area contributed by atoms with Gasteiger partial charge in [-0.05, 0) is 68.1 Å². The maximum Gasteiger partial charge on any atom is 0.338 e. The first kappa shape index (κ1) is 30.1. The number of thioether (sulfide) groups is 1. The number of ether oxygens (including phenoxy) is 1. The molecule has 2 aromatic carbocycles. The molecule has 2 fully saturated rings. The molecule has 2 saturated heterocycles. The van der Waals surface area contributed by atoms with Crippen LogP contribution in [0.25, 0.3) is 0 Å². The number of imide groups is 1. The summed E-state index contributed by atoms with van der Waals surface area (Å²) in [7, 11) is 3.88. The van der Waals surface area contributed by atoms with Gasteiger partial charge < -0.3 is 14.5 Å². The number of carbonyl (C=O) groups excluding carboxylic acids is 4. The standard InChI is InChI=1S/C32H34N4O6S2/c1-4-42-31(40)20-10-14-22(15-11-20)36-28(38)25-24(19-8-12-21(13-9-19)33(2)3)27-30(43-26(25)29(36)39)35(32(41)44-27)18-23(37)34-16-6-5-7-17-34/h8-15,24-26H,4-7,16-18H2,1-3H3/t24-,25?,26?/m1/s1. The van der Waals surface area contributed by atoms with Crippen molar-refractivity contribution in [2.45, 2.75) is 48.9 Å². The van der Waals surface area contributed by atoms with E-state index in [1.807, 2.05) is 43.3 Å². The van der Waals surface area contributed by atoms with Crippen molar-refractivity contribution in [3.8, 4) is 0 Å². The first-order valence-corrected chi connectivity index (χ1v) is 16.5. The number of hydrogen-bond acceptors (Lipinski definition) is 9. The molecule has 1 aromatic heterocycles. The molecule has 230 valence electrons. The van der Waals surface area contributed by atoms with E-state index in [1.165, 1.54) is 21.2 Å². The minimum Gasteiger partial charge on any atom is -0.462 e. The predicted octanol–water partition coefficient (Wildman–Crippen LogP) is 3.96. The van der Waals surface area contributed by atoms with Crippen molar-refractivity contribution in [1.82, 2.24) is 9.47 Å². The molecule has 3 aliphatic heterocycles. The third kappa shape index (κ3) is 5.34. The summed E-state index contributed by atoms with van der Waals surface area (Å²) in [5.74, 6) is -2.64. The van der Waals surface area contributed by atoms with Crippen LogP contribution in [0.1, 0.15) is 52.9 Å². The van der Waals surface area contributed by atoms with Gasteiger partial charge in [0.15, 0.2) is 0 Å². The van der Waals surface area contributed by atoms with E-state index in [4.69, 9.17) is 4.74 Å². The summed E-state index contributed by atoms with van der Waals surface area (Å²) in [6.07, 6.45) is 2.97. The van der Waals surface area contributed by atoms with Crippen molar-refractivity contribution in [2.24, 2.45) is 5.92 Å². The quantitative estimate of drug-likeness (QED) is 0.284. The van der Waals surface area contributed by atoms with Crippen LogP contribution in [0.15, 0.2) is 58.4 Å². The average molecular weight is 635 g/mol. The molecule has 3 amide bonds. The van der Waals surface area contributed by atoms with Crippen LogP contribution >= 0.6 is 23.1 Å². The average Bonchev–Trinajstić information content (AvgIpc) is 3.47. The SMILES string of the molecule is CCOC(=O)c1ccc(N2C(=O)C3Sc4c(sc(=O)n4CC(=O)N4CCCCC4)[C@H](c4ccc(N(C)C)cc4)C3C2=O)cc1. The van der Waals surface area contributed by atoms with Crippen LogP contribution in [0.3, 0.4) is 0 Å². The van der Waals surface area contributed by atoms with E-state index in [0.29, 0.717) is 34.2 Å². The van der Waals surface area contributed by atoms with Crippen LogP contribution in [0, 0.1) is 5.92 Å². The van der Waals surface area contributed by atoms with Gasteiger partial charge in [0.2, 0.25) is 17.7 Å². The molecule has 3 aliphatic rings. The molecule has 44 heavy (non-hydrogen) atoms. The summed E-state index contributed by atoms with van der Waals surface area (Å²) in [5, 5.41) is -0.211. The number of piperidine rings is 1. The number of thiazole rings is 1. The van der Waals surface area contributed by atoms with Crippen molar-refractivity contribution in [3.05, 3.63) is 74.2 Å². The lowest BCUT2D eigenvalue weighted by atomic mass is 9.83. The maximum absolute atomic E-state index is 14.2. The third-order valence-corrected chi connectivity index (χ3v) is 11.1. The maximum atomic E-state index is 14.2. The Morgan fingerprint density at radius 2 is 1.61 bits per heavy atom. The summed E-state index contributed by atoms with van der Waals surface area (Å²) in [4.78, 5) is 72.4.